The SMILES string of the molecule is COCCNC(CN)c1cc(OC)c2c(c1)OCO2. The third-order valence-corrected chi connectivity index (χ3v) is 3.02. The van der Waals surface area contributed by atoms with Crippen LogP contribution in [0.25, 0.3) is 0 Å². The van der Waals surface area contributed by atoms with Crippen molar-refractivity contribution in [1.29, 1.82) is 0 Å². The van der Waals surface area contributed by atoms with E-state index in [2.05, 4.69) is 5.32 Å². The van der Waals surface area contributed by atoms with Gasteiger partial charge in [-0.1, -0.05) is 0 Å². The van der Waals surface area contributed by atoms with Crippen molar-refractivity contribution in [3.63, 3.8) is 0 Å². The van der Waals surface area contributed by atoms with Crippen LogP contribution >= 0.6 is 0 Å². The second kappa shape index (κ2) is 6.60. The molecule has 0 aromatic heterocycles. The van der Waals surface area contributed by atoms with Gasteiger partial charge >= 0.3 is 0 Å². The van der Waals surface area contributed by atoms with Gasteiger partial charge in [0.2, 0.25) is 12.5 Å². The summed E-state index contributed by atoms with van der Waals surface area (Å²) in [5.41, 5.74) is 6.82. The van der Waals surface area contributed by atoms with E-state index >= 15 is 0 Å². The molecule has 0 radical (unpaired) electrons. The van der Waals surface area contributed by atoms with E-state index in [4.69, 9.17) is 24.7 Å². The van der Waals surface area contributed by atoms with Crippen LogP contribution in [0.5, 0.6) is 17.2 Å². The number of nitrogens with one attached hydrogen (secondary N) is 1. The molecule has 0 saturated heterocycles. The minimum Gasteiger partial charge on any atom is -0.493 e. The summed E-state index contributed by atoms with van der Waals surface area (Å²) in [6.07, 6.45) is 0. The molecule has 6 heteroatoms. The Morgan fingerprint density at radius 3 is 2.89 bits per heavy atom. The molecule has 2 rings (SSSR count). The van der Waals surface area contributed by atoms with Crippen molar-refractivity contribution in [3.8, 4) is 17.2 Å². The molecule has 1 heterocycles. The van der Waals surface area contributed by atoms with Crippen LogP contribution in [0.4, 0.5) is 0 Å². The number of nitrogens with two attached hydrogens (primary N) is 1. The summed E-state index contributed by atoms with van der Waals surface area (Å²) in [6, 6.07) is 3.88. The fourth-order valence-electron chi connectivity index (χ4n) is 2.02. The molecule has 19 heavy (non-hydrogen) atoms. The van der Waals surface area contributed by atoms with E-state index in [1.54, 1.807) is 14.2 Å². The molecule has 1 unspecified atom stereocenters. The molecule has 0 bridgehead atoms. The first-order chi connectivity index (χ1) is 9.30. The van der Waals surface area contributed by atoms with Crippen LogP contribution < -0.4 is 25.3 Å². The smallest absolute Gasteiger partial charge is 0.231 e. The predicted molar refractivity (Wildman–Crippen MR) is 70.8 cm³/mol. The lowest BCUT2D eigenvalue weighted by Crippen LogP contribution is -2.30. The Bertz CT molecular complexity index is 425. The molecule has 106 valence electrons. The van der Waals surface area contributed by atoms with Crippen molar-refractivity contribution in [2.24, 2.45) is 5.73 Å². The van der Waals surface area contributed by atoms with Crippen molar-refractivity contribution in [2.45, 2.75) is 6.04 Å². The zero-order valence-electron chi connectivity index (χ0n) is 11.3. The zero-order valence-corrected chi connectivity index (χ0v) is 11.3. The van der Waals surface area contributed by atoms with Gasteiger partial charge in [0.05, 0.1) is 13.7 Å². The molecule has 3 N–H and O–H groups in total. The van der Waals surface area contributed by atoms with Crippen LogP contribution in [-0.2, 0) is 4.74 Å². The Labute approximate surface area is 112 Å². The summed E-state index contributed by atoms with van der Waals surface area (Å²) in [7, 11) is 3.28. The number of ether oxygens (including phenoxy) is 4. The number of hydrogen-bond acceptors (Lipinski definition) is 6. The first-order valence-electron chi connectivity index (χ1n) is 6.20. The minimum absolute atomic E-state index is 0.0264. The molecule has 1 aromatic carbocycles. The fraction of sp³-hybridized carbons (Fsp3) is 0.538. The van der Waals surface area contributed by atoms with Gasteiger partial charge < -0.3 is 30.0 Å². The average molecular weight is 268 g/mol. The van der Waals surface area contributed by atoms with Gasteiger partial charge in [-0.3, -0.25) is 0 Å². The van der Waals surface area contributed by atoms with E-state index < -0.39 is 0 Å². The molecule has 1 aromatic rings. The van der Waals surface area contributed by atoms with Gasteiger partial charge in [0, 0.05) is 26.2 Å². The van der Waals surface area contributed by atoms with Gasteiger partial charge in [-0.05, 0) is 17.7 Å². The van der Waals surface area contributed by atoms with Gasteiger partial charge in [-0.25, -0.2) is 0 Å². The summed E-state index contributed by atoms with van der Waals surface area (Å²) >= 11 is 0. The molecule has 0 spiro atoms. The third-order valence-electron chi connectivity index (χ3n) is 3.02. The monoisotopic (exact) mass is 268 g/mol. The second-order valence-electron chi connectivity index (χ2n) is 4.19. The van der Waals surface area contributed by atoms with E-state index in [-0.39, 0.29) is 12.8 Å². The quantitative estimate of drug-likeness (QED) is 0.708. The predicted octanol–water partition coefficient (Wildman–Crippen LogP) is 0.660. The fourth-order valence-corrected chi connectivity index (χ4v) is 2.02. The van der Waals surface area contributed by atoms with Crippen molar-refractivity contribution < 1.29 is 18.9 Å². The normalized spacial score (nSPS) is 14.5. The summed E-state index contributed by atoms with van der Waals surface area (Å²) in [6.45, 7) is 2.07. The van der Waals surface area contributed by atoms with E-state index in [9.17, 15) is 0 Å². The standard InChI is InChI=1S/C13H20N2O4/c1-16-4-3-15-10(7-14)9-5-11(17-2)13-12(6-9)18-8-19-13/h5-6,10,15H,3-4,7-8,14H2,1-2H3. The minimum atomic E-state index is 0.0264. The average Bonchev–Trinajstić information content (AvgIpc) is 2.91. The summed E-state index contributed by atoms with van der Waals surface area (Å²) in [4.78, 5) is 0. The molecular weight excluding hydrogens is 248 g/mol. The molecule has 1 aliphatic rings. The topological polar surface area (TPSA) is 75.0 Å². The van der Waals surface area contributed by atoms with Crippen molar-refractivity contribution in [1.82, 2.24) is 5.32 Å². The highest BCUT2D eigenvalue weighted by Gasteiger charge is 2.22. The number of rotatable bonds is 7. The second-order valence-corrected chi connectivity index (χ2v) is 4.19. The first kappa shape index (κ1) is 13.9. The molecule has 0 fully saturated rings. The van der Waals surface area contributed by atoms with Crippen LogP contribution in [0.15, 0.2) is 12.1 Å². The Kier molecular flexibility index (Phi) is 4.84. The maximum absolute atomic E-state index is 5.81. The summed E-state index contributed by atoms with van der Waals surface area (Å²) < 4.78 is 21.1. The lowest BCUT2D eigenvalue weighted by molar-refractivity contribution is 0.171. The van der Waals surface area contributed by atoms with Crippen molar-refractivity contribution >= 4 is 0 Å². The zero-order chi connectivity index (χ0) is 13.7. The summed E-state index contributed by atoms with van der Waals surface area (Å²) in [5.74, 6) is 2.01. The number of hydrogen-bond donors (Lipinski definition) is 2. The van der Waals surface area contributed by atoms with E-state index in [0.29, 0.717) is 30.4 Å². The van der Waals surface area contributed by atoms with Gasteiger partial charge in [0.25, 0.3) is 0 Å². The molecule has 0 saturated carbocycles. The number of methoxy groups -OCH3 is 2. The van der Waals surface area contributed by atoms with Gasteiger partial charge in [-0.15, -0.1) is 0 Å². The Morgan fingerprint density at radius 2 is 2.21 bits per heavy atom. The third kappa shape index (κ3) is 3.09. The Hall–Kier alpha value is -1.50. The molecule has 1 atom stereocenters. The van der Waals surface area contributed by atoms with Gasteiger partial charge in [0.1, 0.15) is 0 Å². The first-order valence-corrected chi connectivity index (χ1v) is 6.20. The highest BCUT2D eigenvalue weighted by atomic mass is 16.7. The molecule has 6 nitrogen and oxygen atoms in total. The Balaban J connectivity index is 2.18. The van der Waals surface area contributed by atoms with Crippen LogP contribution in [0.3, 0.4) is 0 Å². The highest BCUT2D eigenvalue weighted by molar-refractivity contribution is 5.55. The van der Waals surface area contributed by atoms with Gasteiger partial charge in [0.15, 0.2) is 11.5 Å². The maximum atomic E-state index is 5.81. The molecule has 0 amide bonds. The highest BCUT2D eigenvalue weighted by Crippen LogP contribution is 2.42. The lowest BCUT2D eigenvalue weighted by atomic mass is 10.1. The van der Waals surface area contributed by atoms with Crippen molar-refractivity contribution in [3.05, 3.63) is 17.7 Å². The van der Waals surface area contributed by atoms with E-state index in [1.807, 2.05) is 12.1 Å². The summed E-state index contributed by atoms with van der Waals surface area (Å²) in [5, 5.41) is 3.33. The van der Waals surface area contributed by atoms with Crippen molar-refractivity contribution in [2.75, 3.05) is 40.7 Å². The van der Waals surface area contributed by atoms with Crippen LogP contribution in [0.1, 0.15) is 11.6 Å². The van der Waals surface area contributed by atoms with E-state index in [1.165, 1.54) is 0 Å². The maximum Gasteiger partial charge on any atom is 0.231 e. The van der Waals surface area contributed by atoms with Crippen LogP contribution in [0, 0.1) is 0 Å². The van der Waals surface area contributed by atoms with Crippen LogP contribution in [-0.4, -0.2) is 40.7 Å². The molecular formula is C13H20N2O4. The lowest BCUT2D eigenvalue weighted by Gasteiger charge is -2.18. The number of benzene rings is 1. The number of fused-ring (bicyclic) bond motifs is 1. The molecule has 0 aliphatic carbocycles. The molecule has 1 aliphatic heterocycles. The largest absolute Gasteiger partial charge is 0.493 e. The van der Waals surface area contributed by atoms with Gasteiger partial charge in [-0.2, -0.15) is 0 Å². The van der Waals surface area contributed by atoms with E-state index in [0.717, 1.165) is 12.1 Å². The van der Waals surface area contributed by atoms with Crippen LogP contribution in [0.2, 0.25) is 0 Å². The Morgan fingerprint density at radius 1 is 1.37 bits per heavy atom.